The maximum Gasteiger partial charge on any atom is 0.254 e. The Balaban J connectivity index is 1.87. The monoisotopic (exact) mass is 306 g/mol. The zero-order valence-corrected chi connectivity index (χ0v) is 11.1. The minimum atomic E-state index is -0.168. The number of aromatic amines is 1. The average molecular weight is 307 g/mol. The number of nitrogens with one attached hydrogen (secondary N) is 1. The molecule has 3 rings (SSSR count). The van der Waals surface area contributed by atoms with Crippen LogP contribution in [0.3, 0.4) is 0 Å². The van der Waals surface area contributed by atoms with Gasteiger partial charge < -0.3 is 9.72 Å². The van der Waals surface area contributed by atoms with Crippen molar-refractivity contribution >= 4 is 15.9 Å². The smallest absolute Gasteiger partial charge is 0.254 e. The highest BCUT2D eigenvalue weighted by Gasteiger charge is 2.26. The minimum absolute atomic E-state index is 0.168. The van der Waals surface area contributed by atoms with Crippen molar-refractivity contribution in [1.29, 1.82) is 0 Å². The van der Waals surface area contributed by atoms with Crippen LogP contribution in [-0.2, 0) is 0 Å². The molecule has 0 aliphatic heterocycles. The zero-order valence-electron chi connectivity index (χ0n) is 9.52. The molecule has 1 N–H and O–H groups in total. The molecule has 0 amide bonds. The van der Waals surface area contributed by atoms with E-state index >= 15 is 0 Å². The SMILES string of the molecule is O=c1cc(Oc2ccc(Br)cc2)nc(C2CC2)[nH]1. The van der Waals surface area contributed by atoms with E-state index < -0.39 is 0 Å². The van der Waals surface area contributed by atoms with E-state index in [1.54, 1.807) is 0 Å². The Bertz CT molecular complexity index is 618. The number of nitrogens with zero attached hydrogens (tertiary/aromatic N) is 1. The van der Waals surface area contributed by atoms with Gasteiger partial charge in [-0.2, -0.15) is 4.98 Å². The average Bonchev–Trinajstić information content (AvgIpc) is 3.15. The molecule has 2 aromatic rings. The van der Waals surface area contributed by atoms with E-state index in [1.165, 1.54) is 6.07 Å². The molecule has 1 fully saturated rings. The van der Waals surface area contributed by atoms with Crippen LogP contribution in [0.15, 0.2) is 39.6 Å². The Kier molecular flexibility index (Phi) is 2.91. The molecule has 1 saturated carbocycles. The lowest BCUT2D eigenvalue weighted by Crippen LogP contribution is -2.10. The number of H-pyrrole nitrogens is 1. The van der Waals surface area contributed by atoms with Gasteiger partial charge in [-0.3, -0.25) is 4.79 Å². The highest BCUT2D eigenvalue weighted by atomic mass is 79.9. The van der Waals surface area contributed by atoms with Crippen molar-refractivity contribution in [1.82, 2.24) is 9.97 Å². The highest BCUT2D eigenvalue weighted by molar-refractivity contribution is 9.10. The third-order valence-electron chi connectivity index (χ3n) is 2.74. The number of ether oxygens (including phenoxy) is 1. The molecule has 0 unspecified atom stereocenters. The molecule has 0 atom stereocenters. The summed E-state index contributed by atoms with van der Waals surface area (Å²) in [6, 6.07) is 8.77. The molecule has 1 aliphatic carbocycles. The second-order valence-electron chi connectivity index (χ2n) is 4.30. The highest BCUT2D eigenvalue weighted by Crippen LogP contribution is 2.38. The van der Waals surface area contributed by atoms with E-state index in [0.717, 1.165) is 23.1 Å². The Labute approximate surface area is 112 Å². The van der Waals surface area contributed by atoms with Crippen molar-refractivity contribution in [2.75, 3.05) is 0 Å². The molecule has 1 aliphatic rings. The number of hydrogen-bond donors (Lipinski definition) is 1. The van der Waals surface area contributed by atoms with E-state index in [9.17, 15) is 4.79 Å². The van der Waals surface area contributed by atoms with Gasteiger partial charge in [0.25, 0.3) is 5.56 Å². The standard InChI is InChI=1S/C13H11BrN2O2/c14-9-3-5-10(6-4-9)18-12-7-11(17)15-13(16-12)8-1-2-8/h3-8H,1-2H2,(H,15,16,17). The summed E-state index contributed by atoms with van der Waals surface area (Å²) in [6.07, 6.45) is 2.18. The number of hydrogen-bond acceptors (Lipinski definition) is 3. The van der Waals surface area contributed by atoms with Crippen LogP contribution in [0.4, 0.5) is 0 Å². The molecule has 5 heteroatoms. The Morgan fingerprint density at radius 1 is 1.28 bits per heavy atom. The Morgan fingerprint density at radius 2 is 2.00 bits per heavy atom. The molecule has 1 aromatic carbocycles. The fraction of sp³-hybridized carbons (Fsp3) is 0.231. The van der Waals surface area contributed by atoms with E-state index in [-0.39, 0.29) is 5.56 Å². The summed E-state index contributed by atoms with van der Waals surface area (Å²) in [5.41, 5.74) is -0.168. The Morgan fingerprint density at radius 3 is 2.67 bits per heavy atom. The first-order chi connectivity index (χ1) is 8.70. The fourth-order valence-electron chi connectivity index (χ4n) is 1.68. The number of rotatable bonds is 3. The van der Waals surface area contributed by atoms with Crippen LogP contribution in [0.1, 0.15) is 24.6 Å². The van der Waals surface area contributed by atoms with Crippen LogP contribution in [0.5, 0.6) is 11.6 Å². The summed E-state index contributed by atoms with van der Waals surface area (Å²) in [5.74, 6) is 2.14. The lowest BCUT2D eigenvalue weighted by molar-refractivity contribution is 0.457. The summed E-state index contributed by atoms with van der Waals surface area (Å²) in [6.45, 7) is 0. The molecule has 4 nitrogen and oxygen atoms in total. The third kappa shape index (κ3) is 2.61. The minimum Gasteiger partial charge on any atom is -0.439 e. The molecular weight excluding hydrogens is 296 g/mol. The van der Waals surface area contributed by atoms with Crippen molar-refractivity contribution in [3.8, 4) is 11.6 Å². The van der Waals surface area contributed by atoms with Gasteiger partial charge >= 0.3 is 0 Å². The maximum absolute atomic E-state index is 11.5. The van der Waals surface area contributed by atoms with Crippen LogP contribution in [0.2, 0.25) is 0 Å². The van der Waals surface area contributed by atoms with Gasteiger partial charge in [0.2, 0.25) is 5.88 Å². The first-order valence-electron chi connectivity index (χ1n) is 5.75. The van der Waals surface area contributed by atoms with Crippen molar-refractivity contribution < 1.29 is 4.74 Å². The summed E-state index contributed by atoms with van der Waals surface area (Å²) in [7, 11) is 0. The van der Waals surface area contributed by atoms with Gasteiger partial charge in [0.1, 0.15) is 11.6 Å². The third-order valence-corrected chi connectivity index (χ3v) is 3.27. The molecule has 0 bridgehead atoms. The van der Waals surface area contributed by atoms with E-state index in [1.807, 2.05) is 24.3 Å². The molecular formula is C13H11BrN2O2. The van der Waals surface area contributed by atoms with Gasteiger partial charge in [0.05, 0.1) is 6.07 Å². The molecule has 92 valence electrons. The van der Waals surface area contributed by atoms with Crippen molar-refractivity contribution in [3.05, 3.63) is 51.0 Å². The van der Waals surface area contributed by atoms with Crippen molar-refractivity contribution in [2.45, 2.75) is 18.8 Å². The first kappa shape index (κ1) is 11.5. The van der Waals surface area contributed by atoms with E-state index in [0.29, 0.717) is 17.5 Å². The largest absolute Gasteiger partial charge is 0.439 e. The summed E-state index contributed by atoms with van der Waals surface area (Å²) in [5, 5.41) is 0. The molecule has 18 heavy (non-hydrogen) atoms. The number of halogens is 1. The van der Waals surface area contributed by atoms with Gasteiger partial charge in [-0.25, -0.2) is 0 Å². The second kappa shape index (κ2) is 4.57. The summed E-state index contributed by atoms with van der Waals surface area (Å²) < 4.78 is 6.56. The van der Waals surface area contributed by atoms with Gasteiger partial charge in [-0.1, -0.05) is 15.9 Å². The molecule has 1 heterocycles. The number of benzene rings is 1. The predicted octanol–water partition coefficient (Wildman–Crippen LogP) is 3.20. The van der Waals surface area contributed by atoms with Crippen molar-refractivity contribution in [3.63, 3.8) is 0 Å². The van der Waals surface area contributed by atoms with E-state index in [4.69, 9.17) is 4.74 Å². The normalized spacial score (nSPS) is 14.5. The summed E-state index contributed by atoms with van der Waals surface area (Å²) >= 11 is 3.36. The quantitative estimate of drug-likeness (QED) is 0.947. The van der Waals surface area contributed by atoms with Crippen LogP contribution in [0, 0.1) is 0 Å². The fourth-order valence-corrected chi connectivity index (χ4v) is 1.94. The van der Waals surface area contributed by atoms with Gasteiger partial charge in [0, 0.05) is 10.4 Å². The molecule has 1 aromatic heterocycles. The topological polar surface area (TPSA) is 55.0 Å². The molecule has 0 spiro atoms. The maximum atomic E-state index is 11.5. The predicted molar refractivity (Wildman–Crippen MR) is 71.0 cm³/mol. The van der Waals surface area contributed by atoms with Crippen molar-refractivity contribution in [2.24, 2.45) is 0 Å². The van der Waals surface area contributed by atoms with Crippen LogP contribution in [0.25, 0.3) is 0 Å². The second-order valence-corrected chi connectivity index (χ2v) is 5.21. The first-order valence-corrected chi connectivity index (χ1v) is 6.55. The molecule has 0 saturated heterocycles. The van der Waals surface area contributed by atoms with Crippen LogP contribution in [-0.4, -0.2) is 9.97 Å². The summed E-state index contributed by atoms with van der Waals surface area (Å²) in [4.78, 5) is 18.6. The lowest BCUT2D eigenvalue weighted by atomic mass is 10.3. The van der Waals surface area contributed by atoms with Gasteiger partial charge in [-0.15, -0.1) is 0 Å². The zero-order chi connectivity index (χ0) is 12.5. The van der Waals surface area contributed by atoms with Gasteiger partial charge in [0.15, 0.2) is 0 Å². The number of aromatic nitrogens is 2. The van der Waals surface area contributed by atoms with Gasteiger partial charge in [-0.05, 0) is 37.1 Å². The van der Waals surface area contributed by atoms with Crippen LogP contribution < -0.4 is 10.3 Å². The van der Waals surface area contributed by atoms with Crippen LogP contribution >= 0.6 is 15.9 Å². The Hall–Kier alpha value is -1.62. The molecule has 0 radical (unpaired) electrons. The van der Waals surface area contributed by atoms with E-state index in [2.05, 4.69) is 25.9 Å². The lowest BCUT2D eigenvalue weighted by Gasteiger charge is -2.05.